The van der Waals surface area contributed by atoms with E-state index in [9.17, 15) is 5.26 Å². The third-order valence-electron chi connectivity index (χ3n) is 3.80. The summed E-state index contributed by atoms with van der Waals surface area (Å²) in [5.41, 5.74) is 2.89. The summed E-state index contributed by atoms with van der Waals surface area (Å²) < 4.78 is 12.2. The Morgan fingerprint density at radius 1 is 0.957 bits per heavy atom. The standard InChI is InChI=1S/C18H16N2O3/c1-21-13-9-7-12(8-10-13)17-15(11-19)20(23-3)14-5-4-6-16(22-2)18(14)17/h4-10H,1-3H3. The van der Waals surface area contributed by atoms with Gasteiger partial charge >= 0.3 is 0 Å². The van der Waals surface area contributed by atoms with Gasteiger partial charge in [-0.2, -0.15) is 9.99 Å². The van der Waals surface area contributed by atoms with E-state index in [2.05, 4.69) is 6.07 Å². The van der Waals surface area contributed by atoms with Crippen LogP contribution in [0.4, 0.5) is 0 Å². The molecule has 0 saturated carbocycles. The summed E-state index contributed by atoms with van der Waals surface area (Å²) in [5, 5.41) is 10.5. The zero-order chi connectivity index (χ0) is 16.4. The molecule has 0 atom stereocenters. The molecule has 0 aliphatic rings. The van der Waals surface area contributed by atoms with Gasteiger partial charge < -0.3 is 14.3 Å². The third-order valence-corrected chi connectivity index (χ3v) is 3.80. The van der Waals surface area contributed by atoms with E-state index in [0.717, 1.165) is 27.8 Å². The normalized spacial score (nSPS) is 10.3. The quantitative estimate of drug-likeness (QED) is 0.742. The number of fused-ring (bicyclic) bond motifs is 1. The highest BCUT2D eigenvalue weighted by Gasteiger charge is 2.22. The summed E-state index contributed by atoms with van der Waals surface area (Å²) in [6.07, 6.45) is 0. The second-order valence-corrected chi connectivity index (χ2v) is 4.90. The van der Waals surface area contributed by atoms with Crippen LogP contribution in [0.5, 0.6) is 11.5 Å². The lowest BCUT2D eigenvalue weighted by molar-refractivity contribution is 0.177. The first-order valence-corrected chi connectivity index (χ1v) is 7.05. The van der Waals surface area contributed by atoms with Crippen LogP contribution < -0.4 is 14.3 Å². The summed E-state index contributed by atoms with van der Waals surface area (Å²) in [7, 11) is 4.77. The number of nitriles is 1. The number of hydrogen-bond acceptors (Lipinski definition) is 4. The first-order chi connectivity index (χ1) is 11.2. The van der Waals surface area contributed by atoms with Gasteiger partial charge in [0.25, 0.3) is 0 Å². The minimum atomic E-state index is 0.428. The molecule has 0 saturated heterocycles. The van der Waals surface area contributed by atoms with Gasteiger partial charge in [-0.05, 0) is 29.8 Å². The maximum Gasteiger partial charge on any atom is 0.166 e. The van der Waals surface area contributed by atoms with E-state index in [4.69, 9.17) is 14.3 Å². The lowest BCUT2D eigenvalue weighted by Crippen LogP contribution is -2.07. The molecule has 0 fully saturated rings. The topological polar surface area (TPSA) is 56.4 Å². The van der Waals surface area contributed by atoms with Gasteiger partial charge in [0.05, 0.1) is 25.1 Å². The van der Waals surface area contributed by atoms with Crippen LogP contribution in [0.3, 0.4) is 0 Å². The second kappa shape index (κ2) is 5.93. The molecule has 0 radical (unpaired) electrons. The molecule has 3 rings (SSSR count). The lowest BCUT2D eigenvalue weighted by atomic mass is 10.0. The Bertz CT molecular complexity index is 889. The van der Waals surface area contributed by atoms with E-state index < -0.39 is 0 Å². The van der Waals surface area contributed by atoms with Crippen molar-refractivity contribution in [1.29, 1.82) is 5.26 Å². The number of methoxy groups -OCH3 is 2. The van der Waals surface area contributed by atoms with Crippen LogP contribution in [-0.4, -0.2) is 26.1 Å². The Hall–Kier alpha value is -3.13. The molecule has 5 nitrogen and oxygen atoms in total. The van der Waals surface area contributed by atoms with Crippen LogP contribution in [0.1, 0.15) is 5.69 Å². The summed E-state index contributed by atoms with van der Waals surface area (Å²) in [4.78, 5) is 5.41. The zero-order valence-corrected chi connectivity index (χ0v) is 13.2. The number of nitrogens with zero attached hydrogens (tertiary/aromatic N) is 2. The van der Waals surface area contributed by atoms with E-state index in [1.165, 1.54) is 11.8 Å². The fourth-order valence-electron chi connectivity index (χ4n) is 2.78. The fraction of sp³-hybridized carbons (Fsp3) is 0.167. The number of aromatic nitrogens is 1. The second-order valence-electron chi connectivity index (χ2n) is 4.90. The van der Waals surface area contributed by atoms with Crippen LogP contribution in [0.25, 0.3) is 22.0 Å². The Morgan fingerprint density at radius 2 is 1.70 bits per heavy atom. The minimum Gasteiger partial charge on any atom is -0.497 e. The number of hydrogen-bond donors (Lipinski definition) is 0. The van der Waals surface area contributed by atoms with Gasteiger partial charge in [-0.25, -0.2) is 0 Å². The Labute approximate surface area is 134 Å². The fourth-order valence-corrected chi connectivity index (χ4v) is 2.78. The smallest absolute Gasteiger partial charge is 0.166 e. The zero-order valence-electron chi connectivity index (χ0n) is 13.2. The number of rotatable bonds is 4. The molecule has 0 aliphatic carbocycles. The predicted octanol–water partition coefficient (Wildman–Crippen LogP) is 3.26. The van der Waals surface area contributed by atoms with Crippen LogP contribution in [0, 0.1) is 11.3 Å². The average Bonchev–Trinajstić information content (AvgIpc) is 2.95. The molecular weight excluding hydrogens is 292 g/mol. The SMILES string of the molecule is COc1ccc(-c2c(C#N)n(OC)c3cccc(OC)c23)cc1. The molecule has 0 N–H and O–H groups in total. The van der Waals surface area contributed by atoms with E-state index in [-0.39, 0.29) is 0 Å². The molecule has 0 bridgehead atoms. The summed E-state index contributed by atoms with van der Waals surface area (Å²) in [6.45, 7) is 0. The van der Waals surface area contributed by atoms with E-state index in [1.54, 1.807) is 14.2 Å². The van der Waals surface area contributed by atoms with Crippen LogP contribution in [0.15, 0.2) is 42.5 Å². The van der Waals surface area contributed by atoms with Crippen LogP contribution in [-0.2, 0) is 0 Å². The van der Waals surface area contributed by atoms with Crippen molar-refractivity contribution in [2.75, 3.05) is 21.3 Å². The van der Waals surface area contributed by atoms with Gasteiger partial charge in [-0.15, -0.1) is 0 Å². The van der Waals surface area contributed by atoms with Gasteiger partial charge in [0, 0.05) is 5.56 Å². The minimum absolute atomic E-state index is 0.428. The molecule has 3 aromatic rings. The van der Waals surface area contributed by atoms with Crippen molar-refractivity contribution in [3.63, 3.8) is 0 Å². The monoisotopic (exact) mass is 308 g/mol. The lowest BCUT2D eigenvalue weighted by Gasteiger charge is -2.06. The van der Waals surface area contributed by atoms with E-state index >= 15 is 0 Å². The first-order valence-electron chi connectivity index (χ1n) is 7.05. The molecule has 1 aromatic heterocycles. The predicted molar refractivity (Wildman–Crippen MR) is 87.7 cm³/mol. The highest BCUT2D eigenvalue weighted by Crippen LogP contribution is 2.39. The van der Waals surface area contributed by atoms with Crippen molar-refractivity contribution in [3.8, 4) is 28.7 Å². The maximum absolute atomic E-state index is 9.64. The molecular formula is C18H16N2O3. The van der Waals surface area contributed by atoms with Gasteiger partial charge in [-0.3, -0.25) is 0 Å². The molecule has 0 aliphatic heterocycles. The first kappa shape index (κ1) is 14.8. The Morgan fingerprint density at radius 3 is 2.26 bits per heavy atom. The largest absolute Gasteiger partial charge is 0.497 e. The van der Waals surface area contributed by atoms with E-state index in [0.29, 0.717) is 11.4 Å². The van der Waals surface area contributed by atoms with Gasteiger partial charge in [0.1, 0.15) is 24.7 Å². The van der Waals surface area contributed by atoms with Gasteiger partial charge in [0.15, 0.2) is 5.69 Å². The van der Waals surface area contributed by atoms with Crippen molar-refractivity contribution in [3.05, 3.63) is 48.2 Å². The Kier molecular flexibility index (Phi) is 3.82. The van der Waals surface area contributed by atoms with Crippen molar-refractivity contribution in [2.45, 2.75) is 0 Å². The number of benzene rings is 2. The third kappa shape index (κ3) is 2.25. The Balaban J connectivity index is 2.40. The maximum atomic E-state index is 9.64. The highest BCUT2D eigenvalue weighted by atomic mass is 16.6. The van der Waals surface area contributed by atoms with Crippen molar-refractivity contribution in [2.24, 2.45) is 0 Å². The van der Waals surface area contributed by atoms with E-state index in [1.807, 2.05) is 42.5 Å². The molecule has 116 valence electrons. The summed E-state index contributed by atoms with van der Waals surface area (Å²) >= 11 is 0. The van der Waals surface area contributed by atoms with Crippen molar-refractivity contribution < 1.29 is 14.3 Å². The van der Waals surface area contributed by atoms with Crippen LogP contribution >= 0.6 is 0 Å². The summed E-state index contributed by atoms with van der Waals surface area (Å²) in [6, 6.07) is 15.4. The molecule has 0 spiro atoms. The summed E-state index contributed by atoms with van der Waals surface area (Å²) in [5.74, 6) is 1.45. The highest BCUT2D eigenvalue weighted by molar-refractivity contribution is 6.03. The van der Waals surface area contributed by atoms with Crippen LogP contribution in [0.2, 0.25) is 0 Å². The molecule has 5 heteroatoms. The van der Waals surface area contributed by atoms with Gasteiger partial charge in [-0.1, -0.05) is 18.2 Å². The molecule has 0 unspecified atom stereocenters. The molecule has 1 heterocycles. The van der Waals surface area contributed by atoms with Crippen molar-refractivity contribution >= 4 is 10.9 Å². The van der Waals surface area contributed by atoms with Crippen molar-refractivity contribution in [1.82, 2.24) is 4.73 Å². The average molecular weight is 308 g/mol. The number of ether oxygens (including phenoxy) is 2. The molecule has 23 heavy (non-hydrogen) atoms. The van der Waals surface area contributed by atoms with Gasteiger partial charge in [0.2, 0.25) is 0 Å². The molecule has 2 aromatic carbocycles. The molecule has 0 amide bonds.